The van der Waals surface area contributed by atoms with Crippen LogP contribution in [0.3, 0.4) is 0 Å². The van der Waals surface area contributed by atoms with Crippen molar-refractivity contribution in [3.05, 3.63) is 120 Å². The van der Waals surface area contributed by atoms with Gasteiger partial charge in [-0.25, -0.2) is 4.98 Å². The molecule has 6 heteroatoms. The lowest BCUT2D eigenvalue weighted by Gasteiger charge is -2.25. The number of hydrogen-bond donors (Lipinski definition) is 0. The van der Waals surface area contributed by atoms with Crippen molar-refractivity contribution in [3.63, 3.8) is 0 Å². The molecule has 0 spiro atoms. The average molecular weight is 618 g/mol. The molecule has 0 aliphatic carbocycles. The molecule has 0 fully saturated rings. The Labute approximate surface area is 274 Å². The van der Waals surface area contributed by atoms with Crippen molar-refractivity contribution in [3.8, 4) is 39.9 Å². The molecule has 0 N–H and O–H groups in total. The summed E-state index contributed by atoms with van der Waals surface area (Å²) in [6, 6.07) is 35.8. The van der Waals surface area contributed by atoms with Gasteiger partial charge >= 0.3 is 0 Å². The van der Waals surface area contributed by atoms with E-state index in [9.17, 15) is 0 Å². The van der Waals surface area contributed by atoms with E-state index in [1.165, 1.54) is 16.8 Å². The second-order valence-electron chi connectivity index (χ2n) is 11.4. The van der Waals surface area contributed by atoms with Gasteiger partial charge in [0.05, 0.1) is 31.2 Å². The van der Waals surface area contributed by atoms with E-state index in [0.717, 1.165) is 72.4 Å². The van der Waals surface area contributed by atoms with E-state index in [2.05, 4.69) is 95.3 Å². The van der Waals surface area contributed by atoms with Crippen LogP contribution in [0.15, 0.2) is 103 Å². The molecule has 1 heterocycles. The van der Waals surface area contributed by atoms with Gasteiger partial charge in [0.25, 0.3) is 0 Å². The van der Waals surface area contributed by atoms with Gasteiger partial charge in [0, 0.05) is 37.3 Å². The van der Waals surface area contributed by atoms with E-state index in [4.69, 9.17) is 19.2 Å². The molecule has 0 aliphatic heterocycles. The fraction of sp³-hybridized carbons (Fsp3) is 0.325. The summed E-state index contributed by atoms with van der Waals surface area (Å²) in [5.41, 5.74) is 6.84. The Morgan fingerprint density at radius 1 is 0.587 bits per heavy atom. The molecule has 0 bridgehead atoms. The van der Waals surface area contributed by atoms with Crippen LogP contribution in [0.4, 0.5) is 0 Å². The number of aromatic nitrogens is 2. The Morgan fingerprint density at radius 3 is 1.74 bits per heavy atom. The monoisotopic (exact) mass is 617 g/mol. The van der Waals surface area contributed by atoms with E-state index >= 15 is 0 Å². The molecule has 4 aromatic carbocycles. The minimum absolute atomic E-state index is 0.637. The van der Waals surface area contributed by atoms with E-state index < -0.39 is 0 Å². The van der Waals surface area contributed by atoms with Crippen molar-refractivity contribution in [1.29, 1.82) is 0 Å². The summed E-state index contributed by atoms with van der Waals surface area (Å²) in [5, 5.41) is 0. The lowest BCUT2D eigenvalue weighted by molar-refractivity contribution is 0.240. The van der Waals surface area contributed by atoms with E-state index in [0.29, 0.717) is 26.4 Å². The van der Waals surface area contributed by atoms with Crippen LogP contribution in [0.25, 0.3) is 22.6 Å². The van der Waals surface area contributed by atoms with Gasteiger partial charge in [-0.15, -0.1) is 0 Å². The fourth-order valence-electron chi connectivity index (χ4n) is 5.81. The SMILES string of the molecule is CCCCn1c(-c2ccccc2)nc(-c2ccc(OCC)cc2)c1CN(Cc1cccc(OCC)c1)Cc1cccc(OCC)c1. The van der Waals surface area contributed by atoms with Crippen LogP contribution in [0.1, 0.15) is 57.4 Å². The predicted molar refractivity (Wildman–Crippen MR) is 187 cm³/mol. The van der Waals surface area contributed by atoms with Gasteiger partial charge in [-0.3, -0.25) is 4.90 Å². The number of unbranched alkanes of at least 4 members (excludes halogenated alkanes) is 1. The first-order valence-electron chi connectivity index (χ1n) is 16.7. The zero-order valence-electron chi connectivity index (χ0n) is 27.7. The predicted octanol–water partition coefficient (Wildman–Crippen LogP) is 9.42. The Bertz CT molecular complexity index is 1600. The number of ether oxygens (including phenoxy) is 3. The molecular weight excluding hydrogens is 570 g/mol. The van der Waals surface area contributed by atoms with Crippen LogP contribution in [0, 0.1) is 0 Å². The van der Waals surface area contributed by atoms with Gasteiger partial charge in [0.1, 0.15) is 23.1 Å². The number of hydrogen-bond acceptors (Lipinski definition) is 5. The number of nitrogens with zero attached hydrogens (tertiary/aromatic N) is 3. The van der Waals surface area contributed by atoms with Crippen LogP contribution in [0.2, 0.25) is 0 Å². The normalized spacial score (nSPS) is 11.2. The van der Waals surface area contributed by atoms with Gasteiger partial charge < -0.3 is 18.8 Å². The fourth-order valence-corrected chi connectivity index (χ4v) is 5.81. The third-order valence-electron chi connectivity index (χ3n) is 7.88. The van der Waals surface area contributed by atoms with Crippen LogP contribution in [-0.4, -0.2) is 34.3 Å². The first-order valence-corrected chi connectivity index (χ1v) is 16.7. The molecule has 6 nitrogen and oxygen atoms in total. The number of rotatable bonds is 17. The zero-order valence-corrected chi connectivity index (χ0v) is 27.7. The third-order valence-corrected chi connectivity index (χ3v) is 7.88. The van der Waals surface area contributed by atoms with Gasteiger partial charge in [-0.05, 0) is 86.8 Å². The Kier molecular flexibility index (Phi) is 11.9. The summed E-state index contributed by atoms with van der Waals surface area (Å²) < 4.78 is 20.0. The highest BCUT2D eigenvalue weighted by Gasteiger charge is 2.22. The molecule has 0 saturated heterocycles. The second-order valence-corrected chi connectivity index (χ2v) is 11.4. The molecule has 0 radical (unpaired) electrons. The molecule has 0 unspecified atom stereocenters. The molecule has 240 valence electrons. The van der Waals surface area contributed by atoms with E-state index in [1.54, 1.807) is 0 Å². The summed E-state index contributed by atoms with van der Waals surface area (Å²) >= 11 is 0. The maximum atomic E-state index is 5.87. The smallest absolute Gasteiger partial charge is 0.140 e. The maximum absolute atomic E-state index is 5.87. The average Bonchev–Trinajstić information content (AvgIpc) is 3.43. The standard InChI is InChI=1S/C40H47N3O3/c1-5-9-25-43-38(39(33-21-23-35(24-22-33)44-6-2)41-40(43)34-17-11-10-12-18-34)30-42(28-31-15-13-19-36(26-31)45-7-3)29-32-16-14-20-37(27-32)46-8-4/h10-24,26-27H,5-9,25,28-30H2,1-4H3. The highest BCUT2D eigenvalue weighted by atomic mass is 16.5. The number of benzene rings is 4. The first kappa shape index (κ1) is 32.8. The van der Waals surface area contributed by atoms with Crippen LogP contribution in [0.5, 0.6) is 17.2 Å². The Morgan fingerprint density at radius 2 is 1.17 bits per heavy atom. The van der Waals surface area contributed by atoms with Gasteiger partial charge in [0.15, 0.2) is 0 Å². The van der Waals surface area contributed by atoms with Crippen molar-refractivity contribution in [1.82, 2.24) is 14.5 Å². The lowest BCUT2D eigenvalue weighted by Crippen LogP contribution is -2.24. The quantitative estimate of drug-likeness (QED) is 0.104. The van der Waals surface area contributed by atoms with Crippen LogP contribution < -0.4 is 14.2 Å². The molecule has 5 aromatic rings. The molecule has 0 atom stereocenters. The first-order chi connectivity index (χ1) is 22.6. The van der Waals surface area contributed by atoms with Crippen LogP contribution in [-0.2, 0) is 26.2 Å². The molecule has 0 saturated carbocycles. The minimum Gasteiger partial charge on any atom is -0.494 e. The lowest BCUT2D eigenvalue weighted by atomic mass is 10.1. The van der Waals surface area contributed by atoms with Crippen molar-refractivity contribution >= 4 is 0 Å². The highest BCUT2D eigenvalue weighted by molar-refractivity contribution is 5.69. The number of imidazole rings is 1. The van der Waals surface area contributed by atoms with Crippen molar-refractivity contribution in [2.75, 3.05) is 19.8 Å². The third kappa shape index (κ3) is 8.58. The van der Waals surface area contributed by atoms with Crippen molar-refractivity contribution < 1.29 is 14.2 Å². The van der Waals surface area contributed by atoms with E-state index in [-0.39, 0.29) is 0 Å². The van der Waals surface area contributed by atoms with Gasteiger partial charge in [-0.2, -0.15) is 0 Å². The summed E-state index contributed by atoms with van der Waals surface area (Å²) in [5.74, 6) is 3.66. The molecule has 0 amide bonds. The Hall–Kier alpha value is -4.55. The largest absolute Gasteiger partial charge is 0.494 e. The summed E-state index contributed by atoms with van der Waals surface area (Å²) in [7, 11) is 0. The summed E-state index contributed by atoms with van der Waals surface area (Å²) in [4.78, 5) is 7.88. The second kappa shape index (κ2) is 16.7. The Balaban J connectivity index is 1.61. The van der Waals surface area contributed by atoms with E-state index in [1.807, 2.05) is 45.0 Å². The topological polar surface area (TPSA) is 48.8 Å². The summed E-state index contributed by atoms with van der Waals surface area (Å²) in [6.45, 7) is 13.3. The highest BCUT2D eigenvalue weighted by Crippen LogP contribution is 2.33. The minimum atomic E-state index is 0.637. The maximum Gasteiger partial charge on any atom is 0.140 e. The molecule has 5 rings (SSSR count). The van der Waals surface area contributed by atoms with Crippen molar-refractivity contribution in [2.45, 2.75) is 66.7 Å². The zero-order chi connectivity index (χ0) is 32.1. The molecule has 46 heavy (non-hydrogen) atoms. The molecule has 0 aliphatic rings. The molecule has 1 aromatic heterocycles. The van der Waals surface area contributed by atoms with Crippen molar-refractivity contribution in [2.24, 2.45) is 0 Å². The molecular formula is C40H47N3O3. The van der Waals surface area contributed by atoms with Gasteiger partial charge in [-0.1, -0.05) is 67.9 Å². The van der Waals surface area contributed by atoms with Gasteiger partial charge in [0.2, 0.25) is 0 Å². The van der Waals surface area contributed by atoms with Crippen LogP contribution >= 0.6 is 0 Å². The summed E-state index contributed by atoms with van der Waals surface area (Å²) in [6.07, 6.45) is 2.17.